The quantitative estimate of drug-likeness (QED) is 0.504. The van der Waals surface area contributed by atoms with Gasteiger partial charge in [0.05, 0.1) is 22.8 Å². The monoisotopic (exact) mass is 488 g/mol. The molecule has 0 fully saturated rings. The molecule has 0 spiro atoms. The molecule has 0 aliphatic heterocycles. The minimum atomic E-state index is -4.59. The topological polar surface area (TPSA) is 98.5 Å². The number of thiophene rings is 1. The van der Waals surface area contributed by atoms with Gasteiger partial charge in [0.2, 0.25) is 9.84 Å². The van der Waals surface area contributed by atoms with Crippen molar-refractivity contribution in [3.63, 3.8) is 0 Å². The van der Waals surface area contributed by atoms with Gasteiger partial charge in [0, 0.05) is 7.05 Å². The SMILES string of the molecule is CCCOc1cc(CC(=O)O)cc(S(=O)(=O)c2ccc(-c3cc(C(F)(F)F)n(C)n3)s2)c1. The van der Waals surface area contributed by atoms with Crippen molar-refractivity contribution in [1.82, 2.24) is 9.78 Å². The highest BCUT2D eigenvalue weighted by Gasteiger charge is 2.35. The lowest BCUT2D eigenvalue weighted by molar-refractivity contribution is -0.143. The van der Waals surface area contributed by atoms with E-state index in [1.54, 1.807) is 0 Å². The van der Waals surface area contributed by atoms with Crippen molar-refractivity contribution in [2.75, 3.05) is 6.61 Å². The Balaban J connectivity index is 2.00. The Hall–Kier alpha value is -2.86. The summed E-state index contributed by atoms with van der Waals surface area (Å²) in [4.78, 5) is 11.2. The molecule has 2 aromatic heterocycles. The molecule has 0 aliphatic rings. The number of aromatic nitrogens is 2. The van der Waals surface area contributed by atoms with Crippen molar-refractivity contribution in [1.29, 1.82) is 0 Å². The molecule has 172 valence electrons. The smallest absolute Gasteiger partial charge is 0.433 e. The first-order valence-corrected chi connectivity index (χ1v) is 11.7. The Bertz CT molecular complexity index is 1250. The van der Waals surface area contributed by atoms with Gasteiger partial charge in [-0.05, 0) is 48.4 Å². The van der Waals surface area contributed by atoms with Crippen LogP contribution < -0.4 is 4.74 Å². The number of ether oxygens (including phenoxy) is 1. The summed E-state index contributed by atoms with van der Waals surface area (Å²) in [5.41, 5.74) is -0.705. The third-order valence-corrected chi connectivity index (χ3v) is 7.68. The Labute approximate surface area is 186 Å². The third kappa shape index (κ3) is 5.13. The van der Waals surface area contributed by atoms with Crippen LogP contribution in [0.3, 0.4) is 0 Å². The van der Waals surface area contributed by atoms with Crippen LogP contribution in [0.2, 0.25) is 0 Å². The summed E-state index contributed by atoms with van der Waals surface area (Å²) >= 11 is 0.776. The molecule has 12 heteroatoms. The van der Waals surface area contributed by atoms with Crippen molar-refractivity contribution < 1.29 is 36.2 Å². The first kappa shape index (κ1) is 23.8. The fourth-order valence-electron chi connectivity index (χ4n) is 2.94. The number of rotatable bonds is 8. The molecule has 0 saturated heterocycles. The number of hydrogen-bond acceptors (Lipinski definition) is 6. The number of halogens is 3. The van der Waals surface area contributed by atoms with Gasteiger partial charge in [0.1, 0.15) is 21.3 Å². The lowest BCUT2D eigenvalue weighted by Crippen LogP contribution is -2.11. The van der Waals surface area contributed by atoms with Crippen LogP contribution in [0.4, 0.5) is 13.2 Å². The van der Waals surface area contributed by atoms with Crippen molar-refractivity contribution in [3.05, 3.63) is 47.7 Å². The number of aliphatic carboxylic acids is 1. The lowest BCUT2D eigenvalue weighted by Gasteiger charge is -2.10. The average Bonchev–Trinajstić information content (AvgIpc) is 3.32. The van der Waals surface area contributed by atoms with Crippen LogP contribution in [0.5, 0.6) is 5.75 Å². The summed E-state index contributed by atoms with van der Waals surface area (Å²) in [6.45, 7) is 2.19. The van der Waals surface area contributed by atoms with E-state index >= 15 is 0 Å². The molecule has 2 heterocycles. The summed E-state index contributed by atoms with van der Waals surface area (Å²) < 4.78 is 71.6. The second-order valence-corrected chi connectivity index (χ2v) is 10.2. The Morgan fingerprint density at radius 2 is 1.94 bits per heavy atom. The van der Waals surface area contributed by atoms with E-state index in [4.69, 9.17) is 9.84 Å². The fourth-order valence-corrected chi connectivity index (χ4v) is 5.68. The van der Waals surface area contributed by atoms with Gasteiger partial charge >= 0.3 is 12.1 Å². The van der Waals surface area contributed by atoms with E-state index in [1.165, 1.54) is 30.3 Å². The zero-order valence-electron chi connectivity index (χ0n) is 17.0. The van der Waals surface area contributed by atoms with Crippen LogP contribution in [0, 0.1) is 0 Å². The molecule has 3 rings (SSSR count). The van der Waals surface area contributed by atoms with Gasteiger partial charge in [-0.15, -0.1) is 11.3 Å². The van der Waals surface area contributed by atoms with Crippen LogP contribution in [0.1, 0.15) is 24.6 Å². The molecule has 7 nitrogen and oxygen atoms in total. The predicted molar refractivity (Wildman–Crippen MR) is 111 cm³/mol. The van der Waals surface area contributed by atoms with E-state index in [2.05, 4.69) is 5.10 Å². The van der Waals surface area contributed by atoms with Crippen molar-refractivity contribution in [3.8, 4) is 16.3 Å². The van der Waals surface area contributed by atoms with Crippen LogP contribution in [-0.4, -0.2) is 35.9 Å². The Morgan fingerprint density at radius 1 is 1.22 bits per heavy atom. The van der Waals surface area contributed by atoms with Gasteiger partial charge in [-0.3, -0.25) is 9.48 Å². The number of nitrogens with zero attached hydrogens (tertiary/aromatic N) is 2. The second kappa shape index (κ2) is 8.94. The van der Waals surface area contributed by atoms with Crippen LogP contribution in [-0.2, 0) is 34.3 Å². The molecule has 0 radical (unpaired) electrons. The van der Waals surface area contributed by atoms with Gasteiger partial charge in [-0.25, -0.2) is 8.42 Å². The normalized spacial score (nSPS) is 12.2. The molecular weight excluding hydrogens is 469 g/mol. The number of benzene rings is 1. The number of aryl methyl sites for hydroxylation is 1. The number of carboxylic acid groups (broad SMARTS) is 1. The van der Waals surface area contributed by atoms with E-state index in [0.717, 1.165) is 24.5 Å². The molecule has 0 amide bonds. The van der Waals surface area contributed by atoms with Crippen molar-refractivity contribution in [2.45, 2.75) is 35.0 Å². The Kier molecular flexibility index (Phi) is 6.65. The fraction of sp³-hybridized carbons (Fsp3) is 0.300. The number of carbonyl (C=O) groups is 1. The molecule has 3 aromatic rings. The van der Waals surface area contributed by atoms with Gasteiger partial charge in [-0.2, -0.15) is 18.3 Å². The highest BCUT2D eigenvalue weighted by atomic mass is 32.2. The molecule has 32 heavy (non-hydrogen) atoms. The molecule has 1 aromatic carbocycles. The summed E-state index contributed by atoms with van der Waals surface area (Å²) in [5, 5.41) is 12.9. The molecular formula is C20H19F3N2O5S2. The van der Waals surface area contributed by atoms with Gasteiger partial charge in [-0.1, -0.05) is 6.92 Å². The van der Waals surface area contributed by atoms with Crippen LogP contribution in [0.25, 0.3) is 10.6 Å². The first-order chi connectivity index (χ1) is 14.9. The number of carboxylic acids is 1. The Morgan fingerprint density at radius 3 is 2.53 bits per heavy atom. The minimum Gasteiger partial charge on any atom is -0.494 e. The highest BCUT2D eigenvalue weighted by molar-refractivity contribution is 7.93. The van der Waals surface area contributed by atoms with E-state index in [0.29, 0.717) is 17.7 Å². The standard InChI is InChI=1S/C20H19F3N2O5S2/c1-3-6-30-13-7-12(9-18(26)27)8-14(10-13)32(28,29)19-5-4-16(31-19)15-11-17(20(21,22)23)25(2)24-15/h4-5,7-8,10-11H,3,6,9H2,1-2H3,(H,26,27). The molecule has 0 aliphatic carbocycles. The predicted octanol–water partition coefficient (Wildman–Crippen LogP) is 4.42. The molecule has 1 N–H and O–H groups in total. The largest absolute Gasteiger partial charge is 0.494 e. The van der Waals surface area contributed by atoms with Crippen LogP contribution >= 0.6 is 11.3 Å². The van der Waals surface area contributed by atoms with Crippen LogP contribution in [0.15, 0.2) is 45.5 Å². The van der Waals surface area contributed by atoms with Crippen molar-refractivity contribution in [2.24, 2.45) is 7.05 Å². The van der Waals surface area contributed by atoms with E-state index in [1.807, 2.05) is 6.92 Å². The first-order valence-electron chi connectivity index (χ1n) is 9.37. The summed E-state index contributed by atoms with van der Waals surface area (Å²) in [6, 6.07) is 7.55. The summed E-state index contributed by atoms with van der Waals surface area (Å²) in [7, 11) is -2.92. The van der Waals surface area contributed by atoms with Gasteiger partial charge in [0.25, 0.3) is 0 Å². The van der Waals surface area contributed by atoms with Gasteiger partial charge in [0.15, 0.2) is 0 Å². The van der Waals surface area contributed by atoms with Gasteiger partial charge < -0.3 is 9.84 Å². The molecule has 0 atom stereocenters. The van der Waals surface area contributed by atoms with E-state index < -0.39 is 34.1 Å². The molecule has 0 saturated carbocycles. The zero-order chi connectivity index (χ0) is 23.7. The third-order valence-electron chi connectivity index (χ3n) is 4.35. The summed E-state index contributed by atoms with van der Waals surface area (Å²) in [5.74, 6) is -0.907. The zero-order valence-corrected chi connectivity index (χ0v) is 18.6. The molecule has 0 bridgehead atoms. The number of sulfone groups is 1. The maximum atomic E-state index is 13.2. The number of alkyl halides is 3. The lowest BCUT2D eigenvalue weighted by atomic mass is 10.1. The maximum Gasteiger partial charge on any atom is 0.433 e. The molecule has 0 unspecified atom stereocenters. The van der Waals surface area contributed by atoms with Crippen molar-refractivity contribution >= 4 is 27.1 Å². The summed E-state index contributed by atoms with van der Waals surface area (Å²) in [6.07, 6.45) is -4.31. The minimum absolute atomic E-state index is 0.00197. The maximum absolute atomic E-state index is 13.2. The number of hydrogen-bond donors (Lipinski definition) is 1. The second-order valence-electron chi connectivity index (χ2n) is 6.89. The van der Waals surface area contributed by atoms with E-state index in [9.17, 15) is 26.4 Å². The van der Waals surface area contributed by atoms with E-state index in [-0.39, 0.29) is 31.0 Å². The average molecular weight is 489 g/mol. The highest BCUT2D eigenvalue weighted by Crippen LogP contribution is 2.37.